The van der Waals surface area contributed by atoms with Gasteiger partial charge in [0.1, 0.15) is 12.0 Å². The van der Waals surface area contributed by atoms with Crippen LogP contribution in [0.4, 0.5) is 4.48 Å². The van der Waals surface area contributed by atoms with Gasteiger partial charge in [-0.2, -0.15) is 0 Å². The van der Waals surface area contributed by atoms with Crippen molar-refractivity contribution >= 4 is 14.3 Å². The van der Waals surface area contributed by atoms with Gasteiger partial charge in [0.05, 0.1) is 6.10 Å². The van der Waals surface area contributed by atoms with Crippen molar-refractivity contribution in [2.75, 3.05) is 0 Å². The van der Waals surface area contributed by atoms with Crippen molar-refractivity contribution < 1.29 is 23.8 Å². The monoisotopic (exact) mass is 288 g/mol. The first-order valence-corrected chi connectivity index (χ1v) is 6.97. The molecule has 0 spiro atoms. The molecule has 6 nitrogen and oxygen atoms in total. The molecule has 0 saturated carbocycles. The molecule has 2 aliphatic heterocycles. The Morgan fingerprint density at radius 2 is 2.26 bits per heavy atom. The molecule has 0 aliphatic carbocycles. The molecule has 1 amide bonds. The van der Waals surface area contributed by atoms with Crippen LogP contribution in [0.25, 0.3) is 0 Å². The lowest BCUT2D eigenvalue weighted by atomic mass is 10.2. The van der Waals surface area contributed by atoms with Crippen molar-refractivity contribution in [2.24, 2.45) is 0 Å². The highest BCUT2D eigenvalue weighted by Crippen LogP contribution is 2.31. The summed E-state index contributed by atoms with van der Waals surface area (Å²) >= 11 is 0. The molecule has 0 bridgehead atoms. The molecule has 19 heavy (non-hydrogen) atoms. The van der Waals surface area contributed by atoms with E-state index in [0.29, 0.717) is 12.8 Å². The summed E-state index contributed by atoms with van der Waals surface area (Å²) in [5.41, 5.74) is 0. The minimum atomic E-state index is -2.09. The second-order valence-electron chi connectivity index (χ2n) is 4.13. The van der Waals surface area contributed by atoms with Crippen LogP contribution in [0.1, 0.15) is 12.8 Å². The van der Waals surface area contributed by atoms with Crippen molar-refractivity contribution in [3.63, 3.8) is 0 Å². The van der Waals surface area contributed by atoms with Gasteiger partial charge in [-0.1, -0.05) is 17.1 Å². The highest BCUT2D eigenvalue weighted by atomic mass is 31.2. The normalized spacial score (nSPS) is 28.2. The Kier molecular flexibility index (Phi) is 4.31. The molecule has 8 heteroatoms. The van der Waals surface area contributed by atoms with Gasteiger partial charge >= 0.3 is 0 Å². The summed E-state index contributed by atoms with van der Waals surface area (Å²) in [5, 5.41) is -0.0345. The molecular weight excluding hydrogens is 274 g/mol. The van der Waals surface area contributed by atoms with E-state index in [-0.39, 0.29) is 17.0 Å². The molecule has 1 fully saturated rings. The third-order valence-electron chi connectivity index (χ3n) is 2.87. The second-order valence-corrected chi connectivity index (χ2v) is 5.07. The Hall–Kier alpha value is -1.27. The number of hydrogen-bond acceptors (Lipinski definition) is 5. The predicted octanol–water partition coefficient (Wildman–Crippen LogP) is 1.32. The van der Waals surface area contributed by atoms with E-state index in [0.717, 1.165) is 6.08 Å². The average molecular weight is 288 g/mol. The van der Waals surface area contributed by atoms with Crippen LogP contribution in [0.5, 0.6) is 0 Å². The van der Waals surface area contributed by atoms with E-state index in [1.807, 2.05) is 0 Å². The molecule has 1 saturated heterocycles. The molecule has 2 rings (SSSR count). The fraction of sp³-hybridized carbons (Fsp3) is 0.364. The van der Waals surface area contributed by atoms with Crippen LogP contribution in [-0.2, 0) is 9.53 Å². The van der Waals surface area contributed by atoms with E-state index in [4.69, 9.17) is 14.5 Å². The number of hydrogen-bond donors (Lipinski definition) is 2. The van der Waals surface area contributed by atoms with Gasteiger partial charge in [0.25, 0.3) is 5.91 Å². The number of carbonyl (C=O) groups excluding carboxylic acids is 1. The van der Waals surface area contributed by atoms with Crippen LogP contribution in [0.3, 0.4) is 0 Å². The van der Waals surface area contributed by atoms with E-state index in [1.54, 1.807) is 6.08 Å². The van der Waals surface area contributed by atoms with Crippen molar-refractivity contribution in [2.45, 2.75) is 25.2 Å². The minimum Gasteiger partial charge on any atom is -0.351 e. The third-order valence-corrected chi connectivity index (χ3v) is 3.31. The highest BCUT2D eigenvalue weighted by molar-refractivity contribution is 7.48. The van der Waals surface area contributed by atoms with Crippen LogP contribution < -0.4 is 0 Å². The average Bonchev–Trinajstić information content (AvgIpc) is 2.82. The summed E-state index contributed by atoms with van der Waals surface area (Å²) in [6.07, 6.45) is 4.71. The Morgan fingerprint density at radius 1 is 1.53 bits per heavy atom. The number of ether oxygens (including phenoxy) is 1. The van der Waals surface area contributed by atoms with Crippen molar-refractivity contribution in [1.82, 2.24) is 10.0 Å². The van der Waals surface area contributed by atoms with Crippen LogP contribution in [-0.4, -0.2) is 38.0 Å². The lowest BCUT2D eigenvalue weighted by molar-refractivity contribution is -0.142. The van der Waals surface area contributed by atoms with Gasteiger partial charge in [-0.25, -0.2) is 0 Å². The van der Waals surface area contributed by atoms with Gasteiger partial charge in [-0.3, -0.25) is 4.79 Å². The van der Waals surface area contributed by atoms with E-state index in [1.165, 1.54) is 16.9 Å². The molecule has 0 radical (unpaired) electrons. The van der Waals surface area contributed by atoms with Crippen molar-refractivity contribution in [1.29, 1.82) is 0 Å². The smallest absolute Gasteiger partial charge is 0.281 e. The van der Waals surface area contributed by atoms with Gasteiger partial charge in [0.15, 0.2) is 8.38 Å². The molecule has 2 heterocycles. The Bertz CT molecular complexity index is 440. The number of carbonyl (C=O) groups is 1. The molecule has 2 aliphatic rings. The minimum absolute atomic E-state index is 0.0345. The molecule has 2 N–H and O–H groups in total. The third kappa shape index (κ3) is 3.19. The van der Waals surface area contributed by atoms with Gasteiger partial charge in [0.2, 0.25) is 0 Å². The van der Waals surface area contributed by atoms with Gasteiger partial charge in [-0.05, 0) is 18.7 Å². The quantitative estimate of drug-likeness (QED) is 0.605. The fourth-order valence-electron chi connectivity index (χ4n) is 1.95. The lowest BCUT2D eigenvalue weighted by Gasteiger charge is -2.32. The molecule has 2 atom stereocenters. The first kappa shape index (κ1) is 14.1. The number of nitrogens with zero attached hydrogens (tertiary/aromatic N) is 2. The highest BCUT2D eigenvalue weighted by Gasteiger charge is 2.33. The second kappa shape index (κ2) is 5.79. The van der Waals surface area contributed by atoms with E-state index < -0.39 is 20.5 Å². The topological polar surface area (TPSA) is 73.2 Å². The van der Waals surface area contributed by atoms with Crippen molar-refractivity contribution in [3.8, 4) is 0 Å². The number of amides is 1. The van der Waals surface area contributed by atoms with Gasteiger partial charge < -0.3 is 19.4 Å². The standard InChI is InChI=1S/C11H14FN2O4P/c1-8-13(6-4-10(15)14(8)12)11-3-2-9(18-11)5-7-19(16)17/h4-7,9,11,16-17H,1-3H2/b7-5+/t9-,11+/m0/s1. The molecule has 104 valence electrons. The Morgan fingerprint density at radius 3 is 2.95 bits per heavy atom. The largest absolute Gasteiger partial charge is 0.351 e. The van der Waals surface area contributed by atoms with Crippen LogP contribution in [0, 0.1) is 0 Å². The summed E-state index contributed by atoms with van der Waals surface area (Å²) < 4.78 is 19.0. The van der Waals surface area contributed by atoms with Crippen LogP contribution >= 0.6 is 8.38 Å². The number of rotatable bonds is 3. The van der Waals surface area contributed by atoms with E-state index >= 15 is 0 Å². The number of halogens is 1. The molecular formula is C11H14FN2O4P. The lowest BCUT2D eigenvalue weighted by Crippen LogP contribution is -2.40. The zero-order chi connectivity index (χ0) is 14.0. The molecule has 0 aromatic heterocycles. The molecule has 0 unspecified atom stereocenters. The van der Waals surface area contributed by atoms with Gasteiger partial charge in [0, 0.05) is 12.3 Å². The first-order valence-electron chi connectivity index (χ1n) is 5.65. The first-order chi connectivity index (χ1) is 8.99. The maximum atomic E-state index is 13.4. The summed E-state index contributed by atoms with van der Waals surface area (Å²) in [5.74, 6) is 0.407. The maximum absolute atomic E-state index is 13.4. The van der Waals surface area contributed by atoms with Crippen molar-refractivity contribution in [3.05, 3.63) is 36.6 Å². The SMILES string of the molecule is C=C1N(F)C(=O)C=CN1[C@H]1CC[C@@H](/C=C/P(O)O)O1. The van der Waals surface area contributed by atoms with E-state index in [2.05, 4.69) is 6.58 Å². The fourth-order valence-corrected chi connectivity index (χ4v) is 2.30. The zero-order valence-electron chi connectivity index (χ0n) is 10.0. The van der Waals surface area contributed by atoms with E-state index in [9.17, 15) is 9.28 Å². The molecule has 0 aromatic rings. The summed E-state index contributed by atoms with van der Waals surface area (Å²) in [6, 6.07) is 0. The predicted molar refractivity (Wildman–Crippen MR) is 66.5 cm³/mol. The maximum Gasteiger partial charge on any atom is 0.281 e. The summed E-state index contributed by atoms with van der Waals surface area (Å²) in [6.45, 7) is 3.50. The van der Waals surface area contributed by atoms with Crippen LogP contribution in [0.15, 0.2) is 36.6 Å². The Labute approximate surface area is 110 Å². The molecule has 0 aromatic carbocycles. The Balaban J connectivity index is 1.99. The summed E-state index contributed by atoms with van der Waals surface area (Å²) in [7, 11) is -2.09. The van der Waals surface area contributed by atoms with Gasteiger partial charge in [-0.15, -0.1) is 5.12 Å². The zero-order valence-corrected chi connectivity index (χ0v) is 10.9. The summed E-state index contributed by atoms with van der Waals surface area (Å²) in [4.78, 5) is 30.1. The van der Waals surface area contributed by atoms with Crippen LogP contribution in [0.2, 0.25) is 0 Å².